The van der Waals surface area contributed by atoms with Crippen molar-refractivity contribution in [3.63, 3.8) is 0 Å². The summed E-state index contributed by atoms with van der Waals surface area (Å²) >= 11 is 0. The summed E-state index contributed by atoms with van der Waals surface area (Å²) in [7, 11) is 1.54. The van der Waals surface area contributed by atoms with Crippen molar-refractivity contribution in [2.45, 2.75) is 13.0 Å². The Morgan fingerprint density at radius 3 is 2.89 bits per heavy atom. The van der Waals surface area contributed by atoms with E-state index in [2.05, 4.69) is 0 Å². The first-order valence-corrected chi connectivity index (χ1v) is 5.76. The van der Waals surface area contributed by atoms with Crippen LogP contribution >= 0.6 is 0 Å². The maximum absolute atomic E-state index is 14.0. The van der Waals surface area contributed by atoms with Crippen LogP contribution in [0.15, 0.2) is 35.3 Å². The molecule has 0 fully saturated rings. The highest BCUT2D eigenvalue weighted by Gasteiger charge is 2.21. The summed E-state index contributed by atoms with van der Waals surface area (Å²) in [6, 6.07) is 6.38. The predicted octanol–water partition coefficient (Wildman–Crippen LogP) is 2.53. The average Bonchev–Trinajstić information content (AvgIpc) is 2.37. The molecule has 92 valence electrons. The van der Waals surface area contributed by atoms with Crippen molar-refractivity contribution in [2.24, 2.45) is 0 Å². The second kappa shape index (κ2) is 3.98. The van der Waals surface area contributed by atoms with E-state index >= 15 is 0 Å². The Labute approximate surface area is 103 Å². The van der Waals surface area contributed by atoms with Gasteiger partial charge in [-0.3, -0.25) is 4.79 Å². The minimum absolute atomic E-state index is 0.0918. The van der Waals surface area contributed by atoms with E-state index in [0.29, 0.717) is 24.0 Å². The number of aromatic nitrogens is 1. The van der Waals surface area contributed by atoms with Crippen LogP contribution in [0.3, 0.4) is 0 Å². The van der Waals surface area contributed by atoms with Gasteiger partial charge < -0.3 is 9.30 Å². The van der Waals surface area contributed by atoms with Gasteiger partial charge in [0.25, 0.3) is 5.56 Å². The normalized spacial score (nSPS) is 16.2. The number of ether oxygens (including phenoxy) is 1. The first-order valence-electron chi connectivity index (χ1n) is 5.76. The van der Waals surface area contributed by atoms with Gasteiger partial charge in [0.1, 0.15) is 5.82 Å². The molecule has 0 atom stereocenters. The van der Waals surface area contributed by atoms with Crippen molar-refractivity contribution in [3.05, 3.63) is 52.3 Å². The molecule has 0 bridgehead atoms. The zero-order chi connectivity index (χ0) is 12.7. The Morgan fingerprint density at radius 2 is 2.11 bits per heavy atom. The van der Waals surface area contributed by atoms with Crippen molar-refractivity contribution in [3.8, 4) is 0 Å². The lowest BCUT2D eigenvalue weighted by Crippen LogP contribution is -2.23. The first kappa shape index (κ1) is 11.0. The van der Waals surface area contributed by atoms with Gasteiger partial charge in [0.2, 0.25) is 0 Å². The van der Waals surface area contributed by atoms with Gasteiger partial charge in [0.05, 0.1) is 18.9 Å². The second-order valence-electron chi connectivity index (χ2n) is 4.31. The van der Waals surface area contributed by atoms with Gasteiger partial charge in [-0.2, -0.15) is 0 Å². The Bertz CT molecular complexity index is 716. The van der Waals surface area contributed by atoms with Crippen LogP contribution in [-0.4, -0.2) is 11.7 Å². The Morgan fingerprint density at radius 1 is 1.33 bits per heavy atom. The number of hydrogen-bond acceptors (Lipinski definition) is 2. The van der Waals surface area contributed by atoms with E-state index in [1.807, 2.05) is 0 Å². The standard InChI is InChI=1S/C14H12FNO2/c1-18-8-10-6-7-16-12(17)5-3-9-2-4-11(15)13(10)14(9)16/h2-5,8H,6-7H2,1H3/b10-8+. The van der Waals surface area contributed by atoms with E-state index in [-0.39, 0.29) is 11.4 Å². The van der Waals surface area contributed by atoms with E-state index in [1.54, 1.807) is 23.0 Å². The molecule has 0 unspecified atom stereocenters. The number of aryl methyl sites for hydroxylation is 1. The largest absolute Gasteiger partial charge is 0.504 e. The Balaban J connectivity index is 2.48. The highest BCUT2D eigenvalue weighted by molar-refractivity contribution is 5.92. The van der Waals surface area contributed by atoms with Gasteiger partial charge in [0, 0.05) is 23.7 Å². The van der Waals surface area contributed by atoms with Crippen LogP contribution in [0, 0.1) is 5.82 Å². The third-order valence-corrected chi connectivity index (χ3v) is 3.29. The molecule has 4 heteroatoms. The Hall–Kier alpha value is -2.10. The molecule has 3 rings (SSSR count). The first-order chi connectivity index (χ1) is 8.72. The van der Waals surface area contributed by atoms with Crippen molar-refractivity contribution in [1.82, 2.24) is 4.57 Å². The fourth-order valence-corrected chi connectivity index (χ4v) is 2.51. The smallest absolute Gasteiger partial charge is 0.251 e. The van der Waals surface area contributed by atoms with Crippen LogP contribution in [0.1, 0.15) is 12.0 Å². The number of hydrogen-bond donors (Lipinski definition) is 0. The number of rotatable bonds is 1. The lowest BCUT2D eigenvalue weighted by molar-refractivity contribution is 0.338. The lowest BCUT2D eigenvalue weighted by Gasteiger charge is -2.21. The third-order valence-electron chi connectivity index (χ3n) is 3.29. The van der Waals surface area contributed by atoms with Gasteiger partial charge in [0.15, 0.2) is 0 Å². The fourth-order valence-electron chi connectivity index (χ4n) is 2.51. The molecule has 2 aromatic rings. The highest BCUT2D eigenvalue weighted by Crippen LogP contribution is 2.33. The molecule has 1 aromatic heterocycles. The summed E-state index contributed by atoms with van der Waals surface area (Å²) in [4.78, 5) is 11.8. The highest BCUT2D eigenvalue weighted by atomic mass is 19.1. The average molecular weight is 245 g/mol. The molecule has 0 saturated carbocycles. The summed E-state index contributed by atoms with van der Waals surface area (Å²) in [5, 5.41) is 0.868. The predicted molar refractivity (Wildman–Crippen MR) is 67.8 cm³/mol. The number of nitrogens with zero attached hydrogens (tertiary/aromatic N) is 1. The summed E-state index contributed by atoms with van der Waals surface area (Å²) in [6.07, 6.45) is 2.15. The Kier molecular flexibility index (Phi) is 2.44. The van der Waals surface area contributed by atoms with Crippen molar-refractivity contribution in [2.75, 3.05) is 7.11 Å². The van der Waals surface area contributed by atoms with Crippen molar-refractivity contribution >= 4 is 16.5 Å². The van der Waals surface area contributed by atoms with Crippen LogP contribution in [0.4, 0.5) is 4.39 Å². The topological polar surface area (TPSA) is 31.2 Å². The molecule has 0 amide bonds. The molecule has 3 nitrogen and oxygen atoms in total. The van der Waals surface area contributed by atoms with Gasteiger partial charge in [-0.15, -0.1) is 0 Å². The number of halogens is 1. The summed E-state index contributed by atoms with van der Waals surface area (Å²) in [6.45, 7) is 0.557. The van der Waals surface area contributed by atoms with Gasteiger partial charge in [-0.1, -0.05) is 0 Å². The molecular formula is C14H12FNO2. The molecule has 0 aliphatic carbocycles. The molecule has 0 N–H and O–H groups in total. The van der Waals surface area contributed by atoms with E-state index in [0.717, 1.165) is 11.0 Å². The number of pyridine rings is 1. The summed E-state index contributed by atoms with van der Waals surface area (Å²) in [5.74, 6) is -0.315. The molecule has 1 aromatic carbocycles. The summed E-state index contributed by atoms with van der Waals surface area (Å²) in [5.41, 5.74) is 1.85. The van der Waals surface area contributed by atoms with Crippen LogP contribution in [-0.2, 0) is 11.3 Å². The zero-order valence-corrected chi connectivity index (χ0v) is 9.94. The monoisotopic (exact) mass is 245 g/mol. The minimum atomic E-state index is -0.315. The minimum Gasteiger partial charge on any atom is -0.504 e. The van der Waals surface area contributed by atoms with Gasteiger partial charge in [-0.05, 0) is 30.0 Å². The van der Waals surface area contributed by atoms with E-state index in [9.17, 15) is 9.18 Å². The third kappa shape index (κ3) is 1.45. The van der Waals surface area contributed by atoms with Crippen LogP contribution in [0.5, 0.6) is 0 Å². The molecule has 1 aliphatic heterocycles. The van der Waals surface area contributed by atoms with Crippen LogP contribution in [0.2, 0.25) is 0 Å². The number of allylic oxidation sites excluding steroid dienone is 1. The van der Waals surface area contributed by atoms with E-state index in [1.165, 1.54) is 19.2 Å². The van der Waals surface area contributed by atoms with E-state index < -0.39 is 0 Å². The second-order valence-corrected chi connectivity index (χ2v) is 4.31. The lowest BCUT2D eigenvalue weighted by atomic mass is 9.96. The zero-order valence-electron chi connectivity index (χ0n) is 9.94. The van der Waals surface area contributed by atoms with Crippen molar-refractivity contribution < 1.29 is 9.13 Å². The summed E-state index contributed by atoms with van der Waals surface area (Å²) < 4.78 is 20.6. The maximum Gasteiger partial charge on any atom is 0.251 e. The fraction of sp³-hybridized carbons (Fsp3) is 0.214. The molecule has 18 heavy (non-hydrogen) atoms. The molecule has 0 spiro atoms. The number of methoxy groups -OCH3 is 1. The van der Waals surface area contributed by atoms with Crippen LogP contribution < -0.4 is 5.56 Å². The molecule has 0 radical (unpaired) electrons. The van der Waals surface area contributed by atoms with Crippen LogP contribution in [0.25, 0.3) is 16.5 Å². The molecule has 2 heterocycles. The SMILES string of the molecule is CO/C=C1\CCn2c(=O)ccc3ccc(F)c1c32. The van der Waals surface area contributed by atoms with Gasteiger partial charge >= 0.3 is 0 Å². The van der Waals surface area contributed by atoms with Crippen molar-refractivity contribution in [1.29, 1.82) is 0 Å². The molecule has 0 saturated heterocycles. The molecule has 1 aliphatic rings. The number of benzene rings is 1. The maximum atomic E-state index is 14.0. The van der Waals surface area contributed by atoms with E-state index in [4.69, 9.17) is 4.74 Å². The molecular weight excluding hydrogens is 233 g/mol. The quantitative estimate of drug-likeness (QED) is 0.723. The van der Waals surface area contributed by atoms with Gasteiger partial charge in [-0.25, -0.2) is 4.39 Å².